The fourth-order valence-electron chi connectivity index (χ4n) is 1.42. The zero-order valence-electron chi connectivity index (χ0n) is 8.75. The molecule has 2 aromatic heterocycles. The summed E-state index contributed by atoms with van der Waals surface area (Å²) in [6.45, 7) is 1.76. The second-order valence-corrected chi connectivity index (χ2v) is 4.45. The Hall–Kier alpha value is -1.63. The quantitative estimate of drug-likeness (QED) is 0.856. The van der Waals surface area contributed by atoms with Gasteiger partial charge in [0.1, 0.15) is 5.82 Å². The van der Waals surface area contributed by atoms with Crippen molar-refractivity contribution >= 4 is 17.2 Å². The lowest BCUT2D eigenvalue weighted by Crippen LogP contribution is -2.02. The minimum Gasteiger partial charge on any atom is -0.383 e. The number of hydrogen-bond donors (Lipinski definition) is 1. The molecular weight excluding hydrogens is 251 g/mol. The van der Waals surface area contributed by atoms with Crippen LogP contribution in [0.25, 0.3) is 10.4 Å². The van der Waals surface area contributed by atoms with E-state index in [0.717, 1.165) is 5.56 Å². The fourth-order valence-corrected chi connectivity index (χ4v) is 2.32. The fraction of sp³-hybridized carbons (Fsp3) is 0.200. The van der Waals surface area contributed by atoms with E-state index in [4.69, 9.17) is 5.73 Å². The number of rotatable bonds is 1. The highest BCUT2D eigenvalue weighted by molar-refractivity contribution is 7.15. The SMILES string of the molecule is Cc1ccnc(N)c1-c1cnc(C(F)(F)F)s1. The third-order valence-electron chi connectivity index (χ3n) is 2.18. The average molecular weight is 259 g/mol. The van der Waals surface area contributed by atoms with Gasteiger partial charge in [-0.15, -0.1) is 11.3 Å². The maximum Gasteiger partial charge on any atom is 0.443 e. The first kappa shape index (κ1) is 11.8. The molecule has 2 rings (SSSR count). The van der Waals surface area contributed by atoms with E-state index in [0.29, 0.717) is 21.8 Å². The Morgan fingerprint density at radius 2 is 2.00 bits per heavy atom. The summed E-state index contributed by atoms with van der Waals surface area (Å²) in [5.41, 5.74) is 6.95. The number of halogens is 3. The number of thiazole rings is 1. The lowest BCUT2D eigenvalue weighted by molar-refractivity contribution is -0.137. The summed E-state index contributed by atoms with van der Waals surface area (Å²) in [6, 6.07) is 1.69. The van der Waals surface area contributed by atoms with E-state index in [1.807, 2.05) is 0 Å². The average Bonchev–Trinajstić information content (AvgIpc) is 2.65. The highest BCUT2D eigenvalue weighted by Crippen LogP contribution is 2.38. The highest BCUT2D eigenvalue weighted by Gasteiger charge is 2.34. The van der Waals surface area contributed by atoms with Crippen molar-refractivity contribution in [3.63, 3.8) is 0 Å². The molecular formula is C10H8F3N3S. The summed E-state index contributed by atoms with van der Waals surface area (Å²) in [5.74, 6) is 0.211. The van der Waals surface area contributed by atoms with E-state index < -0.39 is 11.2 Å². The summed E-state index contributed by atoms with van der Waals surface area (Å²) < 4.78 is 37.3. The molecule has 0 aliphatic rings. The van der Waals surface area contributed by atoms with Crippen LogP contribution in [-0.2, 0) is 6.18 Å². The number of alkyl halides is 3. The molecule has 7 heteroatoms. The summed E-state index contributed by atoms with van der Waals surface area (Å²) >= 11 is 0.565. The van der Waals surface area contributed by atoms with Crippen LogP contribution < -0.4 is 5.73 Å². The molecule has 0 spiro atoms. The lowest BCUT2D eigenvalue weighted by Gasteiger charge is -2.05. The normalized spacial score (nSPS) is 11.8. The van der Waals surface area contributed by atoms with E-state index in [1.54, 1.807) is 13.0 Å². The molecule has 0 unspecified atom stereocenters. The largest absolute Gasteiger partial charge is 0.443 e. The van der Waals surface area contributed by atoms with Gasteiger partial charge in [0.25, 0.3) is 0 Å². The van der Waals surface area contributed by atoms with Gasteiger partial charge in [0.15, 0.2) is 5.01 Å². The number of nitrogens with zero attached hydrogens (tertiary/aromatic N) is 2. The highest BCUT2D eigenvalue weighted by atomic mass is 32.1. The van der Waals surface area contributed by atoms with E-state index in [-0.39, 0.29) is 5.82 Å². The Kier molecular flexibility index (Phi) is 2.78. The first-order valence-corrected chi connectivity index (χ1v) is 5.45. The van der Waals surface area contributed by atoms with Crippen LogP contribution in [-0.4, -0.2) is 9.97 Å². The molecule has 0 aliphatic carbocycles. The molecule has 0 fully saturated rings. The van der Waals surface area contributed by atoms with Crippen molar-refractivity contribution in [2.75, 3.05) is 5.73 Å². The lowest BCUT2D eigenvalue weighted by atomic mass is 10.1. The van der Waals surface area contributed by atoms with Crippen molar-refractivity contribution in [3.8, 4) is 10.4 Å². The first-order chi connectivity index (χ1) is 7.89. The summed E-state index contributed by atoms with van der Waals surface area (Å²) in [4.78, 5) is 7.59. The Morgan fingerprint density at radius 1 is 1.29 bits per heavy atom. The Bertz CT molecular complexity index is 528. The molecule has 0 radical (unpaired) electrons. The van der Waals surface area contributed by atoms with Crippen LogP contribution in [0.2, 0.25) is 0 Å². The zero-order chi connectivity index (χ0) is 12.6. The zero-order valence-corrected chi connectivity index (χ0v) is 9.56. The molecule has 3 nitrogen and oxygen atoms in total. The second-order valence-electron chi connectivity index (χ2n) is 3.42. The molecule has 0 aliphatic heterocycles. The number of hydrogen-bond acceptors (Lipinski definition) is 4. The van der Waals surface area contributed by atoms with Crippen molar-refractivity contribution in [1.29, 1.82) is 0 Å². The Balaban J connectivity index is 2.51. The number of pyridine rings is 1. The minimum absolute atomic E-state index is 0.211. The van der Waals surface area contributed by atoms with Gasteiger partial charge in [0.05, 0.1) is 4.88 Å². The van der Waals surface area contributed by atoms with E-state index >= 15 is 0 Å². The third kappa shape index (κ3) is 2.23. The molecule has 0 aromatic carbocycles. The van der Waals surface area contributed by atoms with Gasteiger partial charge in [0, 0.05) is 18.0 Å². The third-order valence-corrected chi connectivity index (χ3v) is 3.24. The molecule has 0 saturated carbocycles. The Labute approximate surface area is 99.1 Å². The summed E-state index contributed by atoms with van der Waals surface area (Å²) in [5, 5.41) is -0.879. The van der Waals surface area contributed by atoms with E-state index in [1.165, 1.54) is 12.4 Å². The molecule has 0 bridgehead atoms. The van der Waals surface area contributed by atoms with Crippen molar-refractivity contribution < 1.29 is 13.2 Å². The number of nitrogen functional groups attached to an aromatic ring is 1. The van der Waals surface area contributed by atoms with Crippen molar-refractivity contribution in [3.05, 3.63) is 29.0 Å². The van der Waals surface area contributed by atoms with Crippen LogP contribution in [0.1, 0.15) is 10.6 Å². The van der Waals surface area contributed by atoms with Crippen LogP contribution in [0.15, 0.2) is 18.5 Å². The summed E-state index contributed by atoms with van der Waals surface area (Å²) in [6.07, 6.45) is -1.73. The summed E-state index contributed by atoms with van der Waals surface area (Å²) in [7, 11) is 0. The van der Waals surface area contributed by atoms with Gasteiger partial charge in [-0.1, -0.05) is 0 Å². The van der Waals surface area contributed by atoms with Gasteiger partial charge in [0.2, 0.25) is 0 Å². The monoisotopic (exact) mass is 259 g/mol. The van der Waals surface area contributed by atoms with Crippen molar-refractivity contribution in [1.82, 2.24) is 9.97 Å². The van der Waals surface area contributed by atoms with Crippen LogP contribution >= 0.6 is 11.3 Å². The second kappa shape index (κ2) is 3.99. The predicted molar refractivity (Wildman–Crippen MR) is 59.5 cm³/mol. The van der Waals surface area contributed by atoms with Gasteiger partial charge in [-0.3, -0.25) is 0 Å². The van der Waals surface area contributed by atoms with Gasteiger partial charge in [-0.2, -0.15) is 13.2 Å². The topological polar surface area (TPSA) is 51.8 Å². The van der Waals surface area contributed by atoms with Crippen LogP contribution in [0, 0.1) is 6.92 Å². The van der Waals surface area contributed by atoms with E-state index in [9.17, 15) is 13.2 Å². The number of aryl methyl sites for hydroxylation is 1. The predicted octanol–water partition coefficient (Wildman–Crippen LogP) is 3.11. The molecule has 2 heterocycles. The van der Waals surface area contributed by atoms with Crippen LogP contribution in [0.5, 0.6) is 0 Å². The number of anilines is 1. The van der Waals surface area contributed by atoms with Crippen molar-refractivity contribution in [2.24, 2.45) is 0 Å². The number of aromatic nitrogens is 2. The molecule has 0 atom stereocenters. The van der Waals surface area contributed by atoms with Gasteiger partial charge < -0.3 is 5.73 Å². The molecule has 90 valence electrons. The van der Waals surface area contributed by atoms with Gasteiger partial charge in [-0.05, 0) is 18.6 Å². The van der Waals surface area contributed by atoms with Crippen LogP contribution in [0.3, 0.4) is 0 Å². The molecule has 17 heavy (non-hydrogen) atoms. The minimum atomic E-state index is -4.42. The van der Waals surface area contributed by atoms with Crippen LogP contribution in [0.4, 0.5) is 19.0 Å². The van der Waals surface area contributed by atoms with E-state index in [2.05, 4.69) is 9.97 Å². The van der Waals surface area contributed by atoms with Gasteiger partial charge in [-0.25, -0.2) is 9.97 Å². The van der Waals surface area contributed by atoms with Crippen molar-refractivity contribution in [2.45, 2.75) is 13.1 Å². The molecule has 0 saturated heterocycles. The number of nitrogens with two attached hydrogens (primary N) is 1. The first-order valence-electron chi connectivity index (χ1n) is 4.64. The maximum absolute atomic E-state index is 12.4. The Morgan fingerprint density at radius 3 is 2.53 bits per heavy atom. The van der Waals surface area contributed by atoms with Gasteiger partial charge >= 0.3 is 6.18 Å². The smallest absolute Gasteiger partial charge is 0.383 e. The standard InChI is InChI=1S/C10H8F3N3S/c1-5-2-3-15-8(14)7(5)6-4-16-9(17-6)10(11,12)13/h2-4H,1H3,(H2,14,15). The molecule has 2 aromatic rings. The molecule has 2 N–H and O–H groups in total. The molecule has 0 amide bonds. The maximum atomic E-state index is 12.4.